The number of hydrogen-bond donors (Lipinski definition) is 1. The van der Waals surface area contributed by atoms with Crippen LogP contribution in [0.4, 0.5) is 0 Å². The molecule has 0 saturated heterocycles. The van der Waals surface area contributed by atoms with E-state index in [4.69, 9.17) is 0 Å². The Morgan fingerprint density at radius 1 is 0.920 bits per heavy atom. The van der Waals surface area contributed by atoms with Gasteiger partial charge in [0.2, 0.25) is 0 Å². The molecule has 0 fully saturated rings. The minimum absolute atomic E-state index is 0.110. The summed E-state index contributed by atoms with van der Waals surface area (Å²) in [4.78, 5) is 2.42. The van der Waals surface area contributed by atoms with E-state index in [0.29, 0.717) is 12.3 Å². The van der Waals surface area contributed by atoms with Crippen LogP contribution >= 0.6 is 0 Å². The van der Waals surface area contributed by atoms with Crippen molar-refractivity contribution in [2.24, 2.45) is 5.92 Å². The van der Waals surface area contributed by atoms with Gasteiger partial charge < -0.3 is 5.11 Å². The summed E-state index contributed by atoms with van der Waals surface area (Å²) >= 11 is 0. The highest BCUT2D eigenvalue weighted by atomic mass is 16.3. The van der Waals surface area contributed by atoms with Crippen LogP contribution in [0.15, 0.2) is 73.3 Å². The minimum atomic E-state index is -0.396. The maximum Gasteiger partial charge on any atom is 0.0729 e. The molecule has 0 unspecified atom stereocenters. The molecule has 2 atom stereocenters. The summed E-state index contributed by atoms with van der Waals surface area (Å²) in [7, 11) is 0. The molecule has 0 aliphatic heterocycles. The Morgan fingerprint density at radius 3 is 1.80 bits per heavy atom. The molecule has 2 aromatic rings. The lowest BCUT2D eigenvalue weighted by atomic mass is 9.94. The number of benzene rings is 2. The molecule has 0 aromatic heterocycles. The Morgan fingerprint density at radius 2 is 1.40 bits per heavy atom. The maximum absolute atomic E-state index is 10.8. The summed E-state index contributed by atoms with van der Waals surface area (Å²) in [6, 6.07) is 21.1. The van der Waals surface area contributed by atoms with E-state index in [-0.39, 0.29) is 6.04 Å². The molecule has 134 valence electrons. The van der Waals surface area contributed by atoms with E-state index < -0.39 is 6.10 Å². The van der Waals surface area contributed by atoms with Crippen molar-refractivity contribution in [1.82, 2.24) is 4.90 Å². The van der Waals surface area contributed by atoms with Gasteiger partial charge >= 0.3 is 0 Å². The van der Waals surface area contributed by atoms with E-state index in [2.05, 4.69) is 73.9 Å². The lowest BCUT2D eigenvalue weighted by molar-refractivity contribution is 0.0296. The van der Waals surface area contributed by atoms with Gasteiger partial charge in [-0.25, -0.2) is 0 Å². The summed E-state index contributed by atoms with van der Waals surface area (Å²) in [5.74, 6) is 0.526. The summed E-state index contributed by atoms with van der Waals surface area (Å²) in [6.45, 7) is 9.92. The van der Waals surface area contributed by atoms with Crippen molar-refractivity contribution in [1.29, 1.82) is 0 Å². The van der Waals surface area contributed by atoms with E-state index in [0.717, 1.165) is 19.5 Å². The largest absolute Gasteiger partial charge is 0.391 e. The van der Waals surface area contributed by atoms with Gasteiger partial charge in [0, 0.05) is 19.1 Å². The van der Waals surface area contributed by atoms with E-state index in [9.17, 15) is 5.11 Å². The zero-order valence-corrected chi connectivity index (χ0v) is 15.5. The molecular formula is C23H31NO. The zero-order chi connectivity index (χ0) is 18.1. The van der Waals surface area contributed by atoms with Gasteiger partial charge in [0.05, 0.1) is 6.10 Å². The third-order valence-electron chi connectivity index (χ3n) is 4.49. The standard InChI is InChI=1S/C23H31NO/c1-4-11-23(25)22(16-19(2)3)24(17-20-12-7-5-8-13-20)18-21-14-9-6-10-15-21/h4-10,12-15,19,22-23,25H,1,11,16-18H2,2-3H3/t22-,23+/m0/s1. The topological polar surface area (TPSA) is 23.5 Å². The molecule has 0 amide bonds. The van der Waals surface area contributed by atoms with Crippen molar-refractivity contribution < 1.29 is 5.11 Å². The van der Waals surface area contributed by atoms with E-state index in [1.54, 1.807) is 0 Å². The molecule has 2 rings (SSSR count). The van der Waals surface area contributed by atoms with Gasteiger partial charge in [-0.15, -0.1) is 6.58 Å². The highest BCUT2D eigenvalue weighted by Crippen LogP contribution is 2.22. The third kappa shape index (κ3) is 6.49. The number of hydrogen-bond acceptors (Lipinski definition) is 2. The lowest BCUT2D eigenvalue weighted by Gasteiger charge is -2.36. The highest BCUT2D eigenvalue weighted by Gasteiger charge is 2.26. The first-order valence-electron chi connectivity index (χ1n) is 9.21. The molecule has 0 bridgehead atoms. The van der Waals surface area contributed by atoms with Crippen LogP contribution < -0.4 is 0 Å². The average Bonchev–Trinajstić information content (AvgIpc) is 2.61. The molecule has 0 saturated carbocycles. The van der Waals surface area contributed by atoms with E-state index in [1.165, 1.54) is 11.1 Å². The Kier molecular flexibility index (Phi) is 7.90. The second-order valence-corrected chi connectivity index (χ2v) is 7.16. The van der Waals surface area contributed by atoms with Crippen LogP contribution in [-0.4, -0.2) is 22.2 Å². The van der Waals surface area contributed by atoms with Crippen LogP contribution in [0.5, 0.6) is 0 Å². The van der Waals surface area contributed by atoms with Crippen LogP contribution in [0, 0.1) is 5.92 Å². The maximum atomic E-state index is 10.8. The highest BCUT2D eigenvalue weighted by molar-refractivity contribution is 5.17. The third-order valence-corrected chi connectivity index (χ3v) is 4.49. The average molecular weight is 338 g/mol. The predicted octanol–water partition coefficient (Wildman–Crippen LogP) is 5.04. The van der Waals surface area contributed by atoms with E-state index in [1.807, 2.05) is 18.2 Å². The van der Waals surface area contributed by atoms with Crippen LogP contribution in [-0.2, 0) is 13.1 Å². The SMILES string of the molecule is C=CC[C@@H](O)[C@H](CC(C)C)N(Cc1ccccc1)Cc1ccccc1. The van der Waals surface area contributed by atoms with Gasteiger partial charge in [0.25, 0.3) is 0 Å². The summed E-state index contributed by atoms with van der Waals surface area (Å²) in [5, 5.41) is 10.8. The molecule has 2 nitrogen and oxygen atoms in total. The number of nitrogens with zero attached hydrogens (tertiary/aromatic N) is 1. The predicted molar refractivity (Wildman–Crippen MR) is 106 cm³/mol. The molecule has 0 radical (unpaired) electrons. The Labute approximate surface area is 152 Å². The fourth-order valence-corrected chi connectivity index (χ4v) is 3.29. The molecule has 0 aliphatic rings. The molecule has 0 heterocycles. The fraction of sp³-hybridized carbons (Fsp3) is 0.391. The van der Waals surface area contributed by atoms with Crippen molar-refractivity contribution in [2.45, 2.75) is 51.9 Å². The quantitative estimate of drug-likeness (QED) is 0.614. The van der Waals surface area contributed by atoms with Crippen molar-refractivity contribution in [3.63, 3.8) is 0 Å². The molecule has 0 spiro atoms. The first kappa shape index (κ1) is 19.4. The molecule has 0 aliphatic carbocycles. The molecule has 2 heteroatoms. The van der Waals surface area contributed by atoms with Crippen molar-refractivity contribution in [3.8, 4) is 0 Å². The van der Waals surface area contributed by atoms with Crippen molar-refractivity contribution in [2.75, 3.05) is 0 Å². The first-order chi connectivity index (χ1) is 12.1. The fourth-order valence-electron chi connectivity index (χ4n) is 3.29. The Hall–Kier alpha value is -1.90. The number of rotatable bonds is 10. The minimum Gasteiger partial charge on any atom is -0.391 e. The Balaban J connectivity index is 2.26. The second-order valence-electron chi connectivity index (χ2n) is 7.16. The zero-order valence-electron chi connectivity index (χ0n) is 15.5. The molecule has 1 N–H and O–H groups in total. The van der Waals surface area contributed by atoms with Gasteiger partial charge in [-0.05, 0) is 29.9 Å². The van der Waals surface area contributed by atoms with Crippen molar-refractivity contribution in [3.05, 3.63) is 84.4 Å². The number of aliphatic hydroxyl groups is 1. The van der Waals surface area contributed by atoms with Gasteiger partial charge in [-0.1, -0.05) is 80.6 Å². The van der Waals surface area contributed by atoms with E-state index >= 15 is 0 Å². The summed E-state index contributed by atoms with van der Waals surface area (Å²) < 4.78 is 0. The van der Waals surface area contributed by atoms with Gasteiger partial charge in [-0.2, -0.15) is 0 Å². The molecule has 25 heavy (non-hydrogen) atoms. The van der Waals surface area contributed by atoms with Crippen LogP contribution in [0.3, 0.4) is 0 Å². The Bertz CT molecular complexity index is 567. The van der Waals surface area contributed by atoms with Gasteiger partial charge in [0.15, 0.2) is 0 Å². The molecule has 2 aromatic carbocycles. The summed E-state index contributed by atoms with van der Waals surface area (Å²) in [5.41, 5.74) is 2.55. The normalized spacial score (nSPS) is 13.8. The van der Waals surface area contributed by atoms with Crippen LogP contribution in [0.2, 0.25) is 0 Å². The van der Waals surface area contributed by atoms with Gasteiger partial charge in [-0.3, -0.25) is 4.90 Å². The molecular weight excluding hydrogens is 306 g/mol. The van der Waals surface area contributed by atoms with Crippen LogP contribution in [0.25, 0.3) is 0 Å². The lowest BCUT2D eigenvalue weighted by Crippen LogP contribution is -2.43. The smallest absolute Gasteiger partial charge is 0.0729 e. The summed E-state index contributed by atoms with van der Waals surface area (Å²) in [6.07, 6.45) is 3.01. The monoisotopic (exact) mass is 337 g/mol. The van der Waals surface area contributed by atoms with Gasteiger partial charge in [0.1, 0.15) is 0 Å². The second kappa shape index (κ2) is 10.2. The number of aliphatic hydroxyl groups excluding tert-OH is 1. The van der Waals surface area contributed by atoms with Crippen molar-refractivity contribution >= 4 is 0 Å². The van der Waals surface area contributed by atoms with Crippen LogP contribution in [0.1, 0.15) is 37.8 Å². The first-order valence-corrected chi connectivity index (χ1v) is 9.21.